The van der Waals surface area contributed by atoms with Crippen molar-refractivity contribution in [2.45, 2.75) is 66.6 Å². The fraction of sp³-hybridized carbons (Fsp3) is 0.155. The second-order valence-corrected chi connectivity index (χ2v) is 34.7. The van der Waals surface area contributed by atoms with Gasteiger partial charge in [-0.25, -0.2) is 8.78 Å². The predicted octanol–water partition coefficient (Wildman–Crippen LogP) is 14.1. The summed E-state index contributed by atoms with van der Waals surface area (Å²) in [5.41, 5.74) is 19.2. The summed E-state index contributed by atoms with van der Waals surface area (Å²) in [4.78, 5) is 75.4. The first-order valence-corrected chi connectivity index (χ1v) is 46.6. The molecule has 0 aliphatic heterocycles. The van der Waals surface area contributed by atoms with Gasteiger partial charge in [-0.1, -0.05) is 148 Å². The number of rotatable bonds is 18. The maximum atomic E-state index is 13.0. The molecule has 38 nitrogen and oxygen atoms in total. The van der Waals surface area contributed by atoms with Crippen LogP contribution in [0.3, 0.4) is 0 Å². The van der Waals surface area contributed by atoms with Crippen molar-refractivity contribution in [2.24, 2.45) is 52.6 Å². The van der Waals surface area contributed by atoms with E-state index in [4.69, 9.17) is 37.7 Å². The molecular weight excluding hydrogens is 1970 g/mol. The molecule has 0 bridgehead atoms. The van der Waals surface area contributed by atoms with E-state index in [0.717, 1.165) is 66.5 Å². The number of hydrogen-bond donors (Lipinski definition) is 5. The molecule has 0 saturated carbocycles. The van der Waals surface area contributed by atoms with Crippen LogP contribution in [0.1, 0.15) is 105 Å². The molecule has 0 aliphatic carbocycles. The third kappa shape index (κ3) is 24.0. The fourth-order valence-corrected chi connectivity index (χ4v) is 16.0. The molecule has 0 saturated heterocycles. The first-order chi connectivity index (χ1) is 70.6. The Kier molecular flexibility index (Phi) is 31.9. The molecule has 0 fully saturated rings. The van der Waals surface area contributed by atoms with Gasteiger partial charge in [-0.05, 0) is 134 Å². The summed E-state index contributed by atoms with van der Waals surface area (Å²) >= 11 is 13.8. The Morgan fingerprint density at radius 2 is 0.616 bits per heavy atom. The molecule has 146 heavy (non-hydrogen) atoms. The monoisotopic (exact) mass is 2060 g/mol. The molecule has 0 radical (unpaired) electrons. The van der Waals surface area contributed by atoms with Gasteiger partial charge in [0.25, 0.3) is 29.5 Å². The number of hydrogen-bond acceptors (Lipinski definition) is 31. The molecule has 0 atom stereocenters. The minimum atomic E-state index is -0.425. The largest absolute Gasteiger partial charge is 0.419 e. The Balaban J connectivity index is 0.000000125. The fourth-order valence-electron chi connectivity index (χ4n) is 14.9. The van der Waals surface area contributed by atoms with E-state index in [1.165, 1.54) is 45.6 Å². The molecule has 732 valence electrons. The number of aromatic nitrogens is 24. The van der Waals surface area contributed by atoms with Crippen molar-refractivity contribution in [3.8, 4) is 34.8 Å². The van der Waals surface area contributed by atoms with E-state index in [1.54, 1.807) is 157 Å². The number of carbonyl (C=O) groups is 3. The number of amides is 3. The smallest absolute Gasteiger partial charge is 0.272 e. The number of nitrogens with zero attached hydrogens (tertiary/aromatic N) is 26. The molecule has 15 aromatic heterocycles. The zero-order valence-electron chi connectivity index (χ0n) is 79.9. The van der Waals surface area contributed by atoms with E-state index < -0.39 is 5.91 Å². The summed E-state index contributed by atoms with van der Waals surface area (Å²) in [6.07, 6.45) is 11.0. The number of carbonyl (C=O) groups excluding carboxylic acids is 3. The zero-order chi connectivity index (χ0) is 103. The van der Waals surface area contributed by atoms with Gasteiger partial charge in [0.15, 0.2) is 39.2 Å². The van der Waals surface area contributed by atoms with Crippen LogP contribution >= 0.6 is 24.4 Å². The maximum absolute atomic E-state index is 13.0. The van der Waals surface area contributed by atoms with Crippen molar-refractivity contribution in [2.75, 3.05) is 0 Å². The number of benzene rings is 6. The van der Waals surface area contributed by atoms with Gasteiger partial charge < -0.3 is 34.3 Å². The Bertz CT molecular complexity index is 8510. The summed E-state index contributed by atoms with van der Waals surface area (Å²) in [6.45, 7) is 9.35. The van der Waals surface area contributed by atoms with Gasteiger partial charge >= 0.3 is 141 Å². The third-order valence-corrected chi connectivity index (χ3v) is 24.1. The Morgan fingerprint density at radius 1 is 0.336 bits per heavy atom. The molecule has 3 amide bonds. The quantitative estimate of drug-likeness (QED) is 0.0230. The Hall–Kier alpha value is -18.1. The van der Waals surface area contributed by atoms with Crippen LogP contribution in [-0.2, 0) is 81.2 Å². The van der Waals surface area contributed by atoms with Crippen LogP contribution in [0.5, 0.6) is 0 Å². The van der Waals surface area contributed by atoms with Crippen molar-refractivity contribution in [1.82, 2.24) is 135 Å². The van der Waals surface area contributed by atoms with Gasteiger partial charge in [0.1, 0.15) is 39.2 Å². The van der Waals surface area contributed by atoms with Crippen LogP contribution < -0.4 is 32.1 Å². The van der Waals surface area contributed by atoms with Crippen LogP contribution in [0.25, 0.3) is 101 Å². The van der Waals surface area contributed by atoms with Gasteiger partial charge in [0, 0.05) is 79.3 Å². The number of fused-ring (bicyclic) bond motifs is 6. The maximum Gasteiger partial charge on any atom is 0.272 e. The number of halogens is 2. The van der Waals surface area contributed by atoms with Crippen molar-refractivity contribution in [1.29, 1.82) is 0 Å². The van der Waals surface area contributed by atoms with Gasteiger partial charge in [-0.15, -0.1) is 30.6 Å². The normalized spacial score (nSPS) is 11.2. The number of pyridine rings is 6. The van der Waals surface area contributed by atoms with Crippen LogP contribution in [0, 0.1) is 52.4 Å². The Labute approximate surface area is 846 Å². The summed E-state index contributed by atoms with van der Waals surface area (Å²) in [5.74, 6) is 0.0928. The van der Waals surface area contributed by atoms with Crippen LogP contribution in [-0.4, -0.2) is 163 Å². The molecule has 0 unspecified atom stereocenters. The third-order valence-electron chi connectivity index (χ3n) is 22.5. The second kappa shape index (κ2) is 46.1. The second-order valence-electron chi connectivity index (χ2n) is 33.1. The first-order valence-electron chi connectivity index (χ1n) is 44.9. The first kappa shape index (κ1) is 101. The minimum absolute atomic E-state index is 0.0262. The SMILES string of the molecule is Cc1ccc(CNC(=O)c2nn(C)c3cccnc3/c2=N/O)cc1.Cc1ccc(CNC(=O)c2nn(C)c3cccnc3c2=S)cc1.Cc1ccc(CNC(=O)c2nn(C)c3cccnc3c2=[Se])cc1.Cc1ccc(Cc2nnc(-c3nn(C)c4cccnc4/c3=N/O)o2)cc1.Cn1nc(-c2nnc(Cc3ccc(F)cc3)o2)c(=O)c2ncccc21.Cn1nc(-c2nnc(Cc3ccc(F)cc3)o2)c(=S)c2ncccc21. The standard InChI is InChI=1S/C18H16N6O2.C17H12FN5O2.C17H12FN5OS.C17H17N5O2.C17H16N4OS.C17H16N4OSe/c1-11-5-7-12(8-6-11)10-14-20-21-18(26-14)17-16(23-25)15-13(24(2)22-17)4-3-9-19-15;1-23-12-3-2-8-19-14(12)16(24)15(22-23)17-21-20-13(25-17)9-10-4-6-11(18)7-5-10;1-23-12-3-2-8-19-14(12)16(25)15(22-23)17-21-20-13(24-17)9-10-4-6-11(18)7-5-10;1-11-5-7-12(8-6-11)10-19-17(23)16-15(21-24)14-13(22(2)20-16)4-3-9-18-14;2*1-11-5-7-12(8-6-11)10-19-17(22)15-16(23)14-13(21(2)20-15)4-3-9-18-14/h3-9,25H,10H2,1-2H3;2*2-8H,9H2,1H3;3-9,24H,10H2,1-2H3,(H,19,23);2*3-9H,10H2,1-2H3,(H,19,22)/b23-16-;;;21-15-;;. The summed E-state index contributed by atoms with van der Waals surface area (Å²) in [6, 6.07) is 66.0. The van der Waals surface area contributed by atoms with Crippen molar-refractivity contribution in [3.05, 3.63) is 392 Å². The van der Waals surface area contributed by atoms with Gasteiger partial charge in [-0.2, -0.15) is 25.5 Å². The topological polar surface area (TPSA) is 471 Å². The average molecular weight is 2060 g/mol. The minimum Gasteiger partial charge on any atom is -0.419 e. The number of nitrogens with one attached hydrogen (secondary N) is 3. The summed E-state index contributed by atoms with van der Waals surface area (Å²) in [7, 11) is 10.6. The molecular formula is C103H89F2N29O9S2Se. The molecule has 15 heterocycles. The van der Waals surface area contributed by atoms with E-state index in [1.807, 2.05) is 167 Å². The molecule has 0 spiro atoms. The molecule has 43 heteroatoms. The predicted molar refractivity (Wildman–Crippen MR) is 542 cm³/mol. The molecule has 21 rings (SSSR count). The van der Waals surface area contributed by atoms with Gasteiger partial charge in [0.05, 0.1) is 55.9 Å². The van der Waals surface area contributed by atoms with Crippen molar-refractivity contribution >= 4 is 124 Å². The van der Waals surface area contributed by atoms with E-state index in [2.05, 4.69) is 133 Å². The van der Waals surface area contributed by atoms with E-state index in [-0.39, 0.29) is 85.6 Å². The van der Waals surface area contributed by atoms with Crippen LogP contribution in [0.15, 0.2) is 284 Å². The summed E-state index contributed by atoms with van der Waals surface area (Å²) in [5, 5.41) is 84.2. The van der Waals surface area contributed by atoms with Crippen molar-refractivity contribution in [3.63, 3.8) is 0 Å². The molecule has 21 aromatic rings. The number of aryl methyl sites for hydroxylation is 10. The average Bonchev–Trinajstić information content (AvgIpc) is 2.02. The molecule has 0 aliphatic rings. The van der Waals surface area contributed by atoms with E-state index in [9.17, 15) is 38.4 Å². The zero-order valence-corrected chi connectivity index (χ0v) is 83.2. The van der Waals surface area contributed by atoms with Gasteiger partial charge in [0.2, 0.25) is 23.1 Å². The van der Waals surface area contributed by atoms with Gasteiger partial charge in [-0.3, -0.25) is 62.7 Å². The van der Waals surface area contributed by atoms with Crippen molar-refractivity contribution < 1.29 is 46.8 Å². The van der Waals surface area contributed by atoms with Crippen LogP contribution in [0.4, 0.5) is 8.78 Å². The Morgan fingerprint density at radius 3 is 1.02 bits per heavy atom. The van der Waals surface area contributed by atoms with E-state index >= 15 is 0 Å². The van der Waals surface area contributed by atoms with E-state index in [0.29, 0.717) is 114 Å². The summed E-state index contributed by atoms with van der Waals surface area (Å²) < 4.78 is 54.2. The molecule has 5 N–H and O–H groups in total. The molecule has 6 aromatic carbocycles. The van der Waals surface area contributed by atoms with Crippen LogP contribution in [0.2, 0.25) is 0 Å².